The van der Waals surface area contributed by atoms with Crippen molar-refractivity contribution in [2.75, 3.05) is 19.6 Å². The van der Waals surface area contributed by atoms with Gasteiger partial charge in [0.05, 0.1) is 11.0 Å². The Kier molecular flexibility index (Phi) is 6.59. The molecule has 1 aliphatic carbocycles. The number of amides is 1. The lowest BCUT2D eigenvalue weighted by molar-refractivity contribution is -0.146. The summed E-state index contributed by atoms with van der Waals surface area (Å²) in [5.41, 5.74) is 0.0672. The Morgan fingerprint density at radius 3 is 2.56 bits per heavy atom. The van der Waals surface area contributed by atoms with Crippen molar-refractivity contribution in [2.24, 2.45) is 17.3 Å². The zero-order valence-corrected chi connectivity index (χ0v) is 19.5. The van der Waals surface area contributed by atoms with Gasteiger partial charge in [-0.05, 0) is 68.7 Å². The van der Waals surface area contributed by atoms with Crippen LogP contribution in [0, 0.1) is 17.3 Å². The summed E-state index contributed by atoms with van der Waals surface area (Å²) in [7, 11) is 0. The summed E-state index contributed by atoms with van der Waals surface area (Å²) in [6.07, 6.45) is 3.50. The molecule has 1 aromatic rings. The number of hydrogen-bond acceptors (Lipinski definition) is 3. The van der Waals surface area contributed by atoms with Crippen LogP contribution in [0.3, 0.4) is 0 Å². The molecule has 0 spiro atoms. The number of carbonyl (C=O) groups excluding carboxylic acids is 1. The number of carbonyl (C=O) groups is 1. The molecule has 2 aliphatic heterocycles. The summed E-state index contributed by atoms with van der Waals surface area (Å²) in [5.74, 6) is 1.16. The number of hydrogen-bond donors (Lipinski definition) is 0. The van der Waals surface area contributed by atoms with E-state index >= 15 is 0 Å². The molecule has 1 aromatic heterocycles. The molecule has 0 N–H and O–H groups in total. The highest BCUT2D eigenvalue weighted by Gasteiger charge is 2.51. The summed E-state index contributed by atoms with van der Waals surface area (Å²) >= 11 is 0. The van der Waals surface area contributed by atoms with Crippen LogP contribution >= 0.6 is 0 Å². The maximum absolute atomic E-state index is 13.8. The van der Waals surface area contributed by atoms with Crippen LogP contribution in [0.25, 0.3) is 0 Å². The van der Waals surface area contributed by atoms with Crippen molar-refractivity contribution in [3.63, 3.8) is 0 Å². The van der Waals surface area contributed by atoms with Crippen molar-refractivity contribution < 1.29 is 18.0 Å². The molecular formula is C25H36F3N3O. The first-order valence-corrected chi connectivity index (χ1v) is 12.2. The summed E-state index contributed by atoms with van der Waals surface area (Å²) in [5, 5.41) is 0. The van der Waals surface area contributed by atoms with E-state index in [0.29, 0.717) is 30.3 Å². The lowest BCUT2D eigenvalue weighted by atomic mass is 9.73. The van der Waals surface area contributed by atoms with Crippen LogP contribution < -0.4 is 0 Å². The SMILES string of the molecule is CCC1CCN([C@@H]2CC[C@@](C(=O)N3CCc4ncc(C(F)(F)F)cc4C3)(C(C)C)C2)CC1. The van der Waals surface area contributed by atoms with E-state index < -0.39 is 17.2 Å². The second-order valence-corrected chi connectivity index (χ2v) is 10.4. The summed E-state index contributed by atoms with van der Waals surface area (Å²) < 4.78 is 39.5. The van der Waals surface area contributed by atoms with Gasteiger partial charge in [0.15, 0.2) is 0 Å². The lowest BCUT2D eigenvalue weighted by Gasteiger charge is -2.41. The van der Waals surface area contributed by atoms with E-state index in [2.05, 4.69) is 30.7 Å². The molecule has 0 bridgehead atoms. The smallest absolute Gasteiger partial charge is 0.337 e. The summed E-state index contributed by atoms with van der Waals surface area (Å²) in [4.78, 5) is 22.3. The molecule has 4 nitrogen and oxygen atoms in total. The molecule has 0 aromatic carbocycles. The molecule has 4 rings (SSSR count). The number of halogens is 3. The molecule has 178 valence electrons. The fourth-order valence-corrected chi connectivity index (χ4v) is 6.12. The molecule has 7 heteroatoms. The van der Waals surface area contributed by atoms with E-state index in [1.54, 1.807) is 4.90 Å². The Labute approximate surface area is 189 Å². The van der Waals surface area contributed by atoms with E-state index in [1.807, 2.05) is 0 Å². The van der Waals surface area contributed by atoms with Gasteiger partial charge in [-0.25, -0.2) is 0 Å². The number of piperidine rings is 1. The second kappa shape index (κ2) is 8.96. The number of fused-ring (bicyclic) bond motifs is 1. The number of likely N-dealkylation sites (tertiary alicyclic amines) is 1. The highest BCUT2D eigenvalue weighted by atomic mass is 19.4. The number of alkyl halides is 3. The van der Waals surface area contributed by atoms with Gasteiger partial charge in [-0.3, -0.25) is 9.78 Å². The van der Waals surface area contributed by atoms with Crippen LogP contribution in [0.2, 0.25) is 0 Å². The summed E-state index contributed by atoms with van der Waals surface area (Å²) in [6, 6.07) is 1.62. The van der Waals surface area contributed by atoms with E-state index in [1.165, 1.54) is 25.3 Å². The van der Waals surface area contributed by atoms with Gasteiger partial charge >= 0.3 is 6.18 Å². The van der Waals surface area contributed by atoms with Gasteiger partial charge in [0.2, 0.25) is 5.91 Å². The van der Waals surface area contributed by atoms with Gasteiger partial charge in [0, 0.05) is 37.4 Å². The largest absolute Gasteiger partial charge is 0.417 e. The van der Waals surface area contributed by atoms with E-state index in [9.17, 15) is 18.0 Å². The minimum Gasteiger partial charge on any atom is -0.337 e. The van der Waals surface area contributed by atoms with Gasteiger partial charge in [0.1, 0.15) is 0 Å². The Balaban J connectivity index is 1.49. The maximum Gasteiger partial charge on any atom is 0.417 e. The Hall–Kier alpha value is -1.63. The van der Waals surface area contributed by atoms with Gasteiger partial charge in [-0.2, -0.15) is 13.2 Å². The average Bonchev–Trinajstić information content (AvgIpc) is 3.24. The zero-order chi connectivity index (χ0) is 23.1. The number of aromatic nitrogens is 1. The molecule has 32 heavy (non-hydrogen) atoms. The van der Waals surface area contributed by atoms with Crippen LogP contribution in [0.4, 0.5) is 13.2 Å². The highest BCUT2D eigenvalue weighted by Crippen LogP contribution is 2.48. The molecule has 0 radical (unpaired) electrons. The van der Waals surface area contributed by atoms with Crippen molar-refractivity contribution in [2.45, 2.75) is 84.5 Å². The zero-order valence-electron chi connectivity index (χ0n) is 19.5. The predicted molar refractivity (Wildman–Crippen MR) is 118 cm³/mol. The van der Waals surface area contributed by atoms with Crippen molar-refractivity contribution in [1.82, 2.24) is 14.8 Å². The van der Waals surface area contributed by atoms with Gasteiger partial charge in [0.25, 0.3) is 0 Å². The standard InChI is InChI=1S/C25H36F3N3O/c1-4-18-6-10-30(11-7-18)21-5-9-24(14-21,17(2)3)23(32)31-12-8-22-19(16-31)13-20(15-29-22)25(26,27)28/h13,15,17-18,21H,4-12,14,16H2,1-3H3/t21-,24+/m1/s1. The highest BCUT2D eigenvalue weighted by molar-refractivity contribution is 5.83. The molecule has 2 fully saturated rings. The van der Waals surface area contributed by atoms with Crippen LogP contribution in [0.15, 0.2) is 12.3 Å². The lowest BCUT2D eigenvalue weighted by Crippen LogP contribution is -2.49. The molecule has 2 atom stereocenters. The minimum atomic E-state index is -4.42. The van der Waals surface area contributed by atoms with Crippen molar-refractivity contribution in [3.05, 3.63) is 29.1 Å². The molecule has 1 amide bonds. The van der Waals surface area contributed by atoms with E-state index in [-0.39, 0.29) is 18.4 Å². The normalized spacial score (nSPS) is 27.7. The number of rotatable bonds is 4. The molecule has 3 aliphatic rings. The third-order valence-corrected chi connectivity index (χ3v) is 8.45. The van der Waals surface area contributed by atoms with Crippen LogP contribution in [-0.2, 0) is 23.9 Å². The monoisotopic (exact) mass is 451 g/mol. The van der Waals surface area contributed by atoms with Crippen LogP contribution in [0.5, 0.6) is 0 Å². The molecule has 0 unspecified atom stereocenters. The van der Waals surface area contributed by atoms with E-state index in [0.717, 1.165) is 44.5 Å². The van der Waals surface area contributed by atoms with Gasteiger partial charge < -0.3 is 9.80 Å². The first-order valence-electron chi connectivity index (χ1n) is 12.2. The van der Waals surface area contributed by atoms with Crippen molar-refractivity contribution in [1.29, 1.82) is 0 Å². The fraction of sp³-hybridized carbons (Fsp3) is 0.760. The third kappa shape index (κ3) is 4.42. The Morgan fingerprint density at radius 1 is 1.22 bits per heavy atom. The molecule has 1 saturated carbocycles. The molecule has 1 saturated heterocycles. The fourth-order valence-electron chi connectivity index (χ4n) is 6.12. The molecular weight excluding hydrogens is 415 g/mol. The Bertz CT molecular complexity index is 832. The average molecular weight is 452 g/mol. The predicted octanol–water partition coefficient (Wildman–Crippen LogP) is 5.30. The van der Waals surface area contributed by atoms with Crippen LogP contribution in [-0.4, -0.2) is 46.4 Å². The van der Waals surface area contributed by atoms with E-state index in [4.69, 9.17) is 0 Å². The van der Waals surface area contributed by atoms with Gasteiger partial charge in [-0.15, -0.1) is 0 Å². The summed E-state index contributed by atoms with van der Waals surface area (Å²) in [6.45, 7) is 9.53. The first-order chi connectivity index (χ1) is 15.1. The Morgan fingerprint density at radius 2 is 1.94 bits per heavy atom. The maximum atomic E-state index is 13.8. The third-order valence-electron chi connectivity index (χ3n) is 8.45. The first kappa shape index (κ1) is 23.5. The second-order valence-electron chi connectivity index (χ2n) is 10.4. The quantitative estimate of drug-likeness (QED) is 0.623. The number of nitrogens with zero attached hydrogens (tertiary/aromatic N) is 3. The van der Waals surface area contributed by atoms with Gasteiger partial charge in [-0.1, -0.05) is 27.2 Å². The van der Waals surface area contributed by atoms with Crippen LogP contribution in [0.1, 0.15) is 76.1 Å². The minimum absolute atomic E-state index is 0.126. The number of pyridine rings is 1. The van der Waals surface area contributed by atoms with Crippen molar-refractivity contribution in [3.8, 4) is 0 Å². The molecule has 3 heterocycles. The van der Waals surface area contributed by atoms with Crippen molar-refractivity contribution >= 4 is 5.91 Å². The topological polar surface area (TPSA) is 36.4 Å².